The monoisotopic (exact) mass is 292 g/mol. The number of piperazine rings is 1. The van der Waals surface area contributed by atoms with Gasteiger partial charge in [-0.15, -0.1) is 0 Å². The van der Waals surface area contributed by atoms with Crippen LogP contribution in [-0.4, -0.2) is 39.0 Å². The molecule has 0 spiro atoms. The maximum Gasteiger partial charge on any atom is 0.392 e. The number of nitrogens with zero attached hydrogens (tertiary/aromatic N) is 1. The first-order chi connectivity index (χ1) is 9.46. The van der Waals surface area contributed by atoms with Crippen molar-refractivity contribution in [1.29, 1.82) is 0 Å². The van der Waals surface area contributed by atoms with Crippen LogP contribution in [0.2, 0.25) is 0 Å². The number of rotatable bonds is 4. The van der Waals surface area contributed by atoms with Gasteiger partial charge in [-0.25, -0.2) is 4.39 Å². The van der Waals surface area contributed by atoms with Gasteiger partial charge in [0.25, 0.3) is 0 Å². The zero-order chi connectivity index (χ0) is 14.6. The van der Waals surface area contributed by atoms with E-state index in [1.165, 1.54) is 6.07 Å². The van der Waals surface area contributed by atoms with Crippen molar-refractivity contribution in [3.05, 3.63) is 24.0 Å². The molecule has 1 fully saturated rings. The number of hydrogen-bond donors (Lipinski definition) is 1. The van der Waals surface area contributed by atoms with Gasteiger partial charge in [-0.05, 0) is 12.1 Å². The minimum absolute atomic E-state index is 0.116. The highest BCUT2D eigenvalue weighted by Gasteiger charge is 2.26. The third-order valence-electron chi connectivity index (χ3n) is 3.03. The summed E-state index contributed by atoms with van der Waals surface area (Å²) in [6, 6.07) is 4.17. The largest absolute Gasteiger partial charge is 0.493 e. The van der Waals surface area contributed by atoms with Crippen LogP contribution in [0.3, 0.4) is 0 Å². The second kappa shape index (κ2) is 6.30. The third kappa shape index (κ3) is 4.26. The molecule has 1 heterocycles. The highest BCUT2D eigenvalue weighted by molar-refractivity contribution is 5.51. The van der Waals surface area contributed by atoms with Crippen molar-refractivity contribution in [2.24, 2.45) is 0 Å². The van der Waals surface area contributed by atoms with E-state index in [0.717, 1.165) is 19.2 Å². The van der Waals surface area contributed by atoms with Crippen molar-refractivity contribution in [3.63, 3.8) is 0 Å². The van der Waals surface area contributed by atoms with Gasteiger partial charge in [0.1, 0.15) is 11.6 Å². The molecule has 0 bridgehead atoms. The summed E-state index contributed by atoms with van der Waals surface area (Å²) in [5.41, 5.74) is 0.453. The van der Waals surface area contributed by atoms with Crippen molar-refractivity contribution in [1.82, 2.24) is 5.32 Å². The topological polar surface area (TPSA) is 24.5 Å². The Morgan fingerprint density at radius 3 is 2.50 bits per heavy atom. The van der Waals surface area contributed by atoms with Gasteiger partial charge < -0.3 is 15.0 Å². The molecule has 0 saturated carbocycles. The summed E-state index contributed by atoms with van der Waals surface area (Å²) in [5.74, 6) is -0.359. The Kier molecular flexibility index (Phi) is 4.69. The molecular formula is C13H16F4N2O. The number of benzene rings is 1. The molecule has 0 unspecified atom stereocenters. The molecule has 1 aliphatic rings. The Hall–Kier alpha value is -1.50. The van der Waals surface area contributed by atoms with Crippen LogP contribution >= 0.6 is 0 Å². The van der Waals surface area contributed by atoms with E-state index in [1.807, 2.05) is 4.90 Å². The minimum atomic E-state index is -4.26. The number of nitrogens with one attached hydrogen (secondary N) is 1. The van der Waals surface area contributed by atoms with Gasteiger partial charge >= 0.3 is 6.18 Å². The molecular weight excluding hydrogens is 276 g/mol. The maximum atomic E-state index is 13.9. The highest BCUT2D eigenvalue weighted by Crippen LogP contribution is 2.25. The molecule has 2 rings (SSSR count). The van der Waals surface area contributed by atoms with Gasteiger partial charge in [-0.3, -0.25) is 0 Å². The second-order valence-corrected chi connectivity index (χ2v) is 4.56. The van der Waals surface area contributed by atoms with Crippen LogP contribution in [0.1, 0.15) is 6.42 Å². The van der Waals surface area contributed by atoms with Crippen molar-refractivity contribution < 1.29 is 22.3 Å². The van der Waals surface area contributed by atoms with E-state index >= 15 is 0 Å². The first-order valence-corrected chi connectivity index (χ1v) is 6.40. The minimum Gasteiger partial charge on any atom is -0.493 e. The molecule has 1 aliphatic heterocycles. The standard InChI is InChI=1S/C13H16F4N2O/c14-11-9-10(20-8-3-13(15,16)17)1-2-12(11)19-6-4-18-5-7-19/h1-2,9,18H,3-8H2. The summed E-state index contributed by atoms with van der Waals surface area (Å²) in [4.78, 5) is 1.89. The Bertz CT molecular complexity index is 444. The van der Waals surface area contributed by atoms with Crippen LogP contribution in [0.4, 0.5) is 23.2 Å². The summed E-state index contributed by atoms with van der Waals surface area (Å²) < 4.78 is 54.8. The van der Waals surface area contributed by atoms with Gasteiger partial charge in [0, 0.05) is 32.2 Å². The Balaban J connectivity index is 1.95. The van der Waals surface area contributed by atoms with E-state index in [4.69, 9.17) is 4.74 Å². The van der Waals surface area contributed by atoms with Crippen molar-refractivity contribution in [2.75, 3.05) is 37.7 Å². The fourth-order valence-corrected chi connectivity index (χ4v) is 2.02. The molecule has 1 aromatic carbocycles. The Labute approximate surface area is 114 Å². The molecule has 3 nitrogen and oxygen atoms in total. The van der Waals surface area contributed by atoms with E-state index in [9.17, 15) is 17.6 Å². The molecule has 112 valence electrons. The molecule has 0 aromatic heterocycles. The molecule has 0 radical (unpaired) electrons. The van der Waals surface area contributed by atoms with E-state index in [2.05, 4.69) is 5.32 Å². The lowest BCUT2D eigenvalue weighted by Gasteiger charge is -2.29. The van der Waals surface area contributed by atoms with Gasteiger partial charge in [0.2, 0.25) is 0 Å². The fraction of sp³-hybridized carbons (Fsp3) is 0.538. The highest BCUT2D eigenvalue weighted by atomic mass is 19.4. The summed E-state index contributed by atoms with van der Waals surface area (Å²) in [6.07, 6.45) is -5.31. The second-order valence-electron chi connectivity index (χ2n) is 4.56. The number of alkyl halides is 3. The van der Waals surface area contributed by atoms with Crippen molar-refractivity contribution in [2.45, 2.75) is 12.6 Å². The number of halogens is 4. The number of ether oxygens (including phenoxy) is 1. The van der Waals surface area contributed by atoms with Gasteiger partial charge in [-0.2, -0.15) is 13.2 Å². The van der Waals surface area contributed by atoms with Crippen LogP contribution in [0.5, 0.6) is 5.75 Å². The zero-order valence-corrected chi connectivity index (χ0v) is 10.8. The predicted molar refractivity (Wildman–Crippen MR) is 67.6 cm³/mol. The lowest BCUT2D eigenvalue weighted by atomic mass is 10.2. The lowest BCUT2D eigenvalue weighted by molar-refractivity contribution is -0.139. The molecule has 1 N–H and O–H groups in total. The van der Waals surface area contributed by atoms with Gasteiger partial charge in [0.15, 0.2) is 0 Å². The van der Waals surface area contributed by atoms with Crippen LogP contribution in [-0.2, 0) is 0 Å². The molecule has 0 atom stereocenters. The predicted octanol–water partition coefficient (Wildman–Crippen LogP) is 2.57. The van der Waals surface area contributed by atoms with Gasteiger partial charge in [0.05, 0.1) is 18.7 Å². The average Bonchev–Trinajstić information content (AvgIpc) is 2.38. The van der Waals surface area contributed by atoms with Crippen LogP contribution in [0.25, 0.3) is 0 Å². The average molecular weight is 292 g/mol. The number of anilines is 1. The third-order valence-corrected chi connectivity index (χ3v) is 3.03. The maximum absolute atomic E-state index is 13.9. The normalized spacial score (nSPS) is 16.3. The molecule has 20 heavy (non-hydrogen) atoms. The summed E-state index contributed by atoms with van der Waals surface area (Å²) in [5, 5.41) is 3.16. The van der Waals surface area contributed by atoms with Crippen LogP contribution in [0.15, 0.2) is 18.2 Å². The first-order valence-electron chi connectivity index (χ1n) is 6.40. The SMILES string of the molecule is Fc1cc(OCCC(F)(F)F)ccc1N1CCNCC1. The number of hydrogen-bond acceptors (Lipinski definition) is 3. The van der Waals surface area contributed by atoms with E-state index in [1.54, 1.807) is 6.07 Å². The van der Waals surface area contributed by atoms with Crippen molar-refractivity contribution in [3.8, 4) is 5.75 Å². The first kappa shape index (κ1) is 14.9. The molecule has 0 amide bonds. The summed E-state index contributed by atoms with van der Waals surface area (Å²) in [6.45, 7) is 2.46. The summed E-state index contributed by atoms with van der Waals surface area (Å²) in [7, 11) is 0. The van der Waals surface area contributed by atoms with E-state index in [-0.39, 0.29) is 5.75 Å². The molecule has 1 saturated heterocycles. The van der Waals surface area contributed by atoms with Gasteiger partial charge in [-0.1, -0.05) is 0 Å². The van der Waals surface area contributed by atoms with E-state index in [0.29, 0.717) is 18.8 Å². The zero-order valence-electron chi connectivity index (χ0n) is 10.8. The molecule has 0 aliphatic carbocycles. The van der Waals surface area contributed by atoms with Crippen molar-refractivity contribution >= 4 is 5.69 Å². The Morgan fingerprint density at radius 2 is 1.90 bits per heavy atom. The lowest BCUT2D eigenvalue weighted by Crippen LogP contribution is -2.43. The van der Waals surface area contributed by atoms with E-state index < -0.39 is 25.0 Å². The van der Waals surface area contributed by atoms with Crippen LogP contribution in [0, 0.1) is 5.82 Å². The summed E-state index contributed by atoms with van der Waals surface area (Å²) >= 11 is 0. The fourth-order valence-electron chi connectivity index (χ4n) is 2.02. The van der Waals surface area contributed by atoms with Crippen LogP contribution < -0.4 is 15.0 Å². The smallest absolute Gasteiger partial charge is 0.392 e. The quantitative estimate of drug-likeness (QED) is 0.863. The molecule has 1 aromatic rings. The molecule has 7 heteroatoms. The Morgan fingerprint density at radius 1 is 1.20 bits per heavy atom.